The Balaban J connectivity index is 1.08. The van der Waals surface area contributed by atoms with Crippen molar-refractivity contribution in [3.8, 4) is 5.75 Å². The van der Waals surface area contributed by atoms with E-state index in [0.717, 1.165) is 38.8 Å². The van der Waals surface area contributed by atoms with Crippen molar-refractivity contribution in [3.05, 3.63) is 64.2 Å². The average Bonchev–Trinajstić information content (AvgIpc) is 2.80. The maximum absolute atomic E-state index is 13.0. The van der Waals surface area contributed by atoms with Crippen LogP contribution in [0.1, 0.15) is 67.2 Å². The number of aryl methyl sites for hydroxylation is 1. The van der Waals surface area contributed by atoms with Crippen LogP contribution in [0.4, 0.5) is 0 Å². The minimum atomic E-state index is -0.745. The van der Waals surface area contributed by atoms with Crippen molar-refractivity contribution in [2.75, 3.05) is 13.1 Å². The van der Waals surface area contributed by atoms with Gasteiger partial charge in [0.2, 0.25) is 5.91 Å². The number of carbonyl (C=O) groups excluding carboxylic acids is 2. The van der Waals surface area contributed by atoms with Crippen LogP contribution in [0.25, 0.3) is 0 Å². The number of ether oxygens (including phenoxy) is 1. The lowest BCUT2D eigenvalue weighted by molar-refractivity contribution is -0.141. The van der Waals surface area contributed by atoms with Crippen molar-refractivity contribution in [2.24, 2.45) is 11.8 Å². The molecule has 180 valence electrons. The van der Waals surface area contributed by atoms with Crippen molar-refractivity contribution in [3.63, 3.8) is 0 Å². The van der Waals surface area contributed by atoms with Gasteiger partial charge in [0.1, 0.15) is 5.75 Å². The Labute approximate surface area is 206 Å². The topological polar surface area (TPSA) is 66.8 Å². The van der Waals surface area contributed by atoms with Crippen molar-refractivity contribution in [1.29, 1.82) is 0 Å². The van der Waals surface area contributed by atoms with Gasteiger partial charge in [-0.25, -0.2) is 0 Å². The molecule has 34 heavy (non-hydrogen) atoms. The van der Waals surface area contributed by atoms with Gasteiger partial charge in [0.05, 0.1) is 6.10 Å². The van der Waals surface area contributed by atoms with Crippen molar-refractivity contribution < 1.29 is 19.4 Å². The molecule has 0 aromatic heterocycles. The van der Waals surface area contributed by atoms with E-state index in [4.69, 9.17) is 16.3 Å². The van der Waals surface area contributed by atoms with Gasteiger partial charge in [-0.2, -0.15) is 0 Å². The predicted molar refractivity (Wildman–Crippen MR) is 131 cm³/mol. The molecule has 0 unspecified atom stereocenters. The molecular formula is C28H32ClNO4. The molecule has 5 rings (SSSR count). The maximum Gasteiger partial charge on any atom is 0.225 e. The molecule has 1 aliphatic carbocycles. The highest BCUT2D eigenvalue weighted by molar-refractivity contribution is 6.30. The molecular weight excluding hydrogens is 450 g/mol. The largest absolute Gasteiger partial charge is 0.482 e. The van der Waals surface area contributed by atoms with E-state index >= 15 is 0 Å². The van der Waals surface area contributed by atoms with E-state index in [9.17, 15) is 14.7 Å². The summed E-state index contributed by atoms with van der Waals surface area (Å²) in [6, 6.07) is 13.7. The highest BCUT2D eigenvalue weighted by Crippen LogP contribution is 2.39. The Kier molecular flexibility index (Phi) is 6.67. The number of benzene rings is 2. The molecule has 3 aliphatic rings. The number of aliphatic hydroxyl groups excluding tert-OH is 1. The van der Waals surface area contributed by atoms with Gasteiger partial charge in [-0.1, -0.05) is 41.4 Å². The van der Waals surface area contributed by atoms with Crippen LogP contribution in [0.3, 0.4) is 0 Å². The van der Waals surface area contributed by atoms with Crippen LogP contribution in [-0.2, 0) is 9.59 Å². The third-order valence-electron chi connectivity index (χ3n) is 7.82. The lowest BCUT2D eigenvalue weighted by Gasteiger charge is -2.42. The molecule has 2 aromatic carbocycles. The van der Waals surface area contributed by atoms with Gasteiger partial charge in [-0.05, 0) is 62.3 Å². The van der Waals surface area contributed by atoms with E-state index in [2.05, 4.69) is 31.2 Å². The summed E-state index contributed by atoms with van der Waals surface area (Å²) in [5, 5.41) is 11.0. The molecule has 2 fully saturated rings. The number of likely N-dealkylation sites (tertiary alicyclic amines) is 1. The molecule has 1 saturated carbocycles. The van der Waals surface area contributed by atoms with Gasteiger partial charge in [0, 0.05) is 48.4 Å². The third kappa shape index (κ3) is 4.87. The van der Waals surface area contributed by atoms with E-state index in [1.165, 1.54) is 11.1 Å². The Hall–Kier alpha value is -2.37. The highest BCUT2D eigenvalue weighted by atomic mass is 35.5. The minimum Gasteiger partial charge on any atom is -0.482 e. The van der Waals surface area contributed by atoms with Crippen LogP contribution in [0.5, 0.6) is 5.75 Å². The molecule has 6 heteroatoms. The monoisotopic (exact) mass is 481 g/mol. The molecule has 2 atom stereocenters. The van der Waals surface area contributed by atoms with Crippen molar-refractivity contribution >= 4 is 23.3 Å². The summed E-state index contributed by atoms with van der Waals surface area (Å²) in [6.07, 6.45) is 2.80. The van der Waals surface area contributed by atoms with Gasteiger partial charge in [0.25, 0.3) is 0 Å². The van der Waals surface area contributed by atoms with Crippen LogP contribution in [0.15, 0.2) is 42.5 Å². The fraction of sp³-hybridized carbons (Fsp3) is 0.500. The second-order valence-electron chi connectivity index (χ2n) is 10.3. The number of fused-ring (bicyclic) bond motifs is 1. The SMILES string of the molecule is Cc1ccc(C2CN(C(=O)C3CCC(CC(=O)[C@@H]4C[C@@H](O)c5cc(Cl)ccc5O4)CC3)C2)cc1. The fourth-order valence-electron chi connectivity index (χ4n) is 5.61. The molecule has 2 aromatic rings. The van der Waals surface area contributed by atoms with Crippen LogP contribution in [0, 0.1) is 18.8 Å². The van der Waals surface area contributed by atoms with Crippen LogP contribution in [-0.4, -0.2) is 40.9 Å². The highest BCUT2D eigenvalue weighted by Gasteiger charge is 2.38. The van der Waals surface area contributed by atoms with E-state index in [0.29, 0.717) is 28.7 Å². The van der Waals surface area contributed by atoms with Crippen molar-refractivity contribution in [2.45, 2.75) is 63.6 Å². The summed E-state index contributed by atoms with van der Waals surface area (Å²) in [5.74, 6) is 1.66. The van der Waals surface area contributed by atoms with Gasteiger partial charge in [-0.15, -0.1) is 0 Å². The zero-order valence-corrected chi connectivity index (χ0v) is 20.3. The lowest BCUT2D eigenvalue weighted by atomic mass is 9.77. The Morgan fingerprint density at radius 1 is 1.06 bits per heavy atom. The number of amides is 1. The van der Waals surface area contributed by atoms with E-state index in [-0.39, 0.29) is 29.9 Å². The lowest BCUT2D eigenvalue weighted by Crippen LogP contribution is -2.51. The van der Waals surface area contributed by atoms with Crippen LogP contribution >= 0.6 is 11.6 Å². The number of nitrogens with zero attached hydrogens (tertiary/aromatic N) is 1. The van der Waals surface area contributed by atoms with Crippen LogP contribution < -0.4 is 4.74 Å². The molecule has 5 nitrogen and oxygen atoms in total. The number of ketones is 1. The first-order valence-corrected chi connectivity index (χ1v) is 12.8. The summed E-state index contributed by atoms with van der Waals surface area (Å²) in [5.41, 5.74) is 3.22. The number of aliphatic hydroxyl groups is 1. The predicted octanol–water partition coefficient (Wildman–Crippen LogP) is 5.22. The molecule has 1 N–H and O–H groups in total. The van der Waals surface area contributed by atoms with Gasteiger partial charge in [0.15, 0.2) is 11.9 Å². The standard InChI is InChI=1S/C28H32ClNO4/c1-17-2-6-19(7-3-17)21-15-30(16-21)28(33)20-8-4-18(5-9-20)12-25(32)27-14-24(31)23-13-22(29)10-11-26(23)34-27/h2-3,6-7,10-11,13,18,20-21,24,27,31H,4-5,8-9,12,14-16H2,1H3/t18?,20?,24-,27+/m1/s1. The second-order valence-corrected chi connectivity index (χ2v) is 10.7. The van der Waals surface area contributed by atoms with Gasteiger partial charge >= 0.3 is 0 Å². The summed E-state index contributed by atoms with van der Waals surface area (Å²) in [4.78, 5) is 27.9. The van der Waals surface area contributed by atoms with E-state index < -0.39 is 12.2 Å². The zero-order chi connectivity index (χ0) is 23.8. The first kappa shape index (κ1) is 23.4. The molecule has 0 radical (unpaired) electrons. The van der Waals surface area contributed by atoms with Gasteiger partial charge in [-0.3, -0.25) is 9.59 Å². The molecule has 1 saturated heterocycles. The summed E-state index contributed by atoms with van der Waals surface area (Å²) < 4.78 is 5.90. The number of hydrogen-bond donors (Lipinski definition) is 1. The summed E-state index contributed by atoms with van der Waals surface area (Å²) in [6.45, 7) is 3.72. The number of Topliss-reactive ketones (excluding diaryl/α,β-unsaturated/α-hetero) is 1. The summed E-state index contributed by atoms with van der Waals surface area (Å²) >= 11 is 6.02. The minimum absolute atomic E-state index is 0.0399. The first-order chi connectivity index (χ1) is 16.4. The first-order valence-electron chi connectivity index (χ1n) is 12.4. The third-order valence-corrected chi connectivity index (χ3v) is 8.06. The zero-order valence-electron chi connectivity index (χ0n) is 19.6. The Morgan fingerprint density at radius 2 is 1.76 bits per heavy atom. The fourth-order valence-corrected chi connectivity index (χ4v) is 5.79. The molecule has 1 amide bonds. The Bertz CT molecular complexity index is 1050. The van der Waals surface area contributed by atoms with E-state index in [1.807, 2.05) is 4.90 Å². The number of carbonyl (C=O) groups is 2. The quantitative estimate of drug-likeness (QED) is 0.635. The number of hydrogen-bond acceptors (Lipinski definition) is 4. The van der Waals surface area contributed by atoms with Gasteiger partial charge < -0.3 is 14.7 Å². The van der Waals surface area contributed by atoms with Crippen molar-refractivity contribution in [1.82, 2.24) is 4.90 Å². The molecule has 2 aliphatic heterocycles. The van der Waals surface area contributed by atoms with E-state index in [1.54, 1.807) is 18.2 Å². The molecule has 0 bridgehead atoms. The maximum atomic E-state index is 13.0. The Morgan fingerprint density at radius 3 is 2.47 bits per heavy atom. The normalized spacial score (nSPS) is 26.9. The molecule has 2 heterocycles. The molecule has 0 spiro atoms. The number of rotatable bonds is 5. The summed E-state index contributed by atoms with van der Waals surface area (Å²) in [7, 11) is 0. The van der Waals surface area contributed by atoms with Crippen LogP contribution in [0.2, 0.25) is 5.02 Å². The second kappa shape index (κ2) is 9.71. The average molecular weight is 482 g/mol. The number of halogens is 1. The smallest absolute Gasteiger partial charge is 0.225 e.